The zero-order valence-corrected chi connectivity index (χ0v) is 14.1. The van der Waals surface area contributed by atoms with E-state index in [1.165, 1.54) is 22.8 Å². The summed E-state index contributed by atoms with van der Waals surface area (Å²) in [5.74, 6) is -0.469. The number of hydrogen-bond acceptors (Lipinski definition) is 2. The first-order valence-electron chi connectivity index (χ1n) is 7.78. The molecule has 0 unspecified atom stereocenters. The summed E-state index contributed by atoms with van der Waals surface area (Å²) in [6.45, 7) is -0.0533. The summed E-state index contributed by atoms with van der Waals surface area (Å²) in [6.07, 6.45) is -2.83. The second kappa shape index (κ2) is 6.36. The van der Waals surface area contributed by atoms with Crippen molar-refractivity contribution in [3.63, 3.8) is 0 Å². The lowest BCUT2D eigenvalue weighted by molar-refractivity contribution is -0.137. The molecule has 2 heterocycles. The van der Waals surface area contributed by atoms with Crippen LogP contribution in [-0.2, 0) is 26.8 Å². The van der Waals surface area contributed by atoms with E-state index < -0.39 is 17.6 Å². The van der Waals surface area contributed by atoms with E-state index in [1.54, 1.807) is 30.9 Å². The standard InChI is InChI=1S/C18H16F3N3O2/c1-23-7-6-14-13(17(23)26)9-15(24(14)2)16(25)22-10-11-4-3-5-12(8-11)18(19,20)21/h3-9H,10H2,1-2H3,(H,22,25). The molecule has 0 aliphatic rings. The third-order valence-corrected chi connectivity index (χ3v) is 4.23. The molecule has 0 radical (unpaired) electrons. The van der Waals surface area contributed by atoms with Gasteiger partial charge in [-0.25, -0.2) is 0 Å². The lowest BCUT2D eigenvalue weighted by atomic mass is 10.1. The Morgan fingerprint density at radius 3 is 2.58 bits per heavy atom. The second-order valence-corrected chi connectivity index (χ2v) is 6.00. The number of aromatic nitrogens is 2. The number of nitrogens with zero attached hydrogens (tertiary/aromatic N) is 2. The molecule has 0 atom stereocenters. The van der Waals surface area contributed by atoms with Crippen molar-refractivity contribution in [2.75, 3.05) is 0 Å². The molecule has 1 aromatic carbocycles. The van der Waals surface area contributed by atoms with Crippen LogP contribution in [0.2, 0.25) is 0 Å². The highest BCUT2D eigenvalue weighted by molar-refractivity contribution is 5.98. The van der Waals surface area contributed by atoms with Crippen LogP contribution in [0.15, 0.2) is 47.4 Å². The minimum atomic E-state index is -4.43. The van der Waals surface area contributed by atoms with E-state index in [4.69, 9.17) is 0 Å². The van der Waals surface area contributed by atoms with Crippen molar-refractivity contribution in [2.24, 2.45) is 14.1 Å². The summed E-state index contributed by atoms with van der Waals surface area (Å²) in [5.41, 5.74) is 0.211. The lowest BCUT2D eigenvalue weighted by Gasteiger charge is -2.10. The van der Waals surface area contributed by atoms with Crippen molar-refractivity contribution < 1.29 is 18.0 Å². The van der Waals surface area contributed by atoms with Crippen molar-refractivity contribution in [3.8, 4) is 0 Å². The Balaban J connectivity index is 1.83. The van der Waals surface area contributed by atoms with Gasteiger partial charge in [0, 0.05) is 26.8 Å². The highest BCUT2D eigenvalue weighted by atomic mass is 19.4. The molecular formula is C18H16F3N3O2. The summed E-state index contributed by atoms with van der Waals surface area (Å²) in [4.78, 5) is 24.6. The largest absolute Gasteiger partial charge is 0.416 e. The highest BCUT2D eigenvalue weighted by Crippen LogP contribution is 2.29. The van der Waals surface area contributed by atoms with E-state index in [1.807, 2.05) is 0 Å². The maximum Gasteiger partial charge on any atom is 0.416 e. The molecule has 5 nitrogen and oxygen atoms in total. The van der Waals surface area contributed by atoms with E-state index in [0.29, 0.717) is 16.5 Å². The molecule has 0 spiro atoms. The van der Waals surface area contributed by atoms with Crippen LogP contribution in [-0.4, -0.2) is 15.0 Å². The maximum atomic E-state index is 12.8. The van der Waals surface area contributed by atoms with Gasteiger partial charge >= 0.3 is 6.18 Å². The Bertz CT molecular complexity index is 1050. The molecule has 8 heteroatoms. The van der Waals surface area contributed by atoms with Crippen LogP contribution in [0.3, 0.4) is 0 Å². The number of benzene rings is 1. The molecule has 0 fully saturated rings. The molecule has 1 amide bonds. The van der Waals surface area contributed by atoms with Gasteiger partial charge in [-0.1, -0.05) is 12.1 Å². The van der Waals surface area contributed by atoms with Crippen LogP contribution >= 0.6 is 0 Å². The molecule has 1 N–H and O–H groups in total. The Morgan fingerprint density at radius 2 is 1.88 bits per heavy atom. The quantitative estimate of drug-likeness (QED) is 0.778. The van der Waals surface area contributed by atoms with Crippen molar-refractivity contribution in [2.45, 2.75) is 12.7 Å². The number of aryl methyl sites for hydroxylation is 2. The molecule has 3 aromatic rings. The van der Waals surface area contributed by atoms with E-state index in [2.05, 4.69) is 5.32 Å². The Morgan fingerprint density at radius 1 is 1.15 bits per heavy atom. The molecular weight excluding hydrogens is 347 g/mol. The minimum absolute atomic E-state index is 0.0533. The van der Waals surface area contributed by atoms with Gasteiger partial charge in [-0.05, 0) is 29.8 Å². The average molecular weight is 363 g/mol. The first-order valence-corrected chi connectivity index (χ1v) is 7.78. The number of fused-ring (bicyclic) bond motifs is 1. The summed E-state index contributed by atoms with van der Waals surface area (Å²) >= 11 is 0. The van der Waals surface area contributed by atoms with Gasteiger partial charge < -0.3 is 14.5 Å². The number of pyridine rings is 1. The van der Waals surface area contributed by atoms with E-state index in [-0.39, 0.29) is 17.8 Å². The minimum Gasteiger partial charge on any atom is -0.347 e. The van der Waals surface area contributed by atoms with Gasteiger partial charge in [0.25, 0.3) is 11.5 Å². The van der Waals surface area contributed by atoms with Gasteiger partial charge in [0.1, 0.15) is 5.69 Å². The zero-order chi connectivity index (χ0) is 19.1. The number of carbonyl (C=O) groups is 1. The number of alkyl halides is 3. The van der Waals surface area contributed by atoms with E-state index in [9.17, 15) is 22.8 Å². The van der Waals surface area contributed by atoms with Gasteiger partial charge in [-0.3, -0.25) is 9.59 Å². The fourth-order valence-corrected chi connectivity index (χ4v) is 2.78. The maximum absolute atomic E-state index is 12.8. The van der Waals surface area contributed by atoms with Gasteiger partial charge in [-0.15, -0.1) is 0 Å². The lowest BCUT2D eigenvalue weighted by Crippen LogP contribution is -2.25. The van der Waals surface area contributed by atoms with Gasteiger partial charge in [0.05, 0.1) is 16.5 Å². The predicted molar refractivity (Wildman–Crippen MR) is 90.8 cm³/mol. The Hall–Kier alpha value is -3.03. The molecule has 0 saturated heterocycles. The molecule has 0 saturated carbocycles. The van der Waals surface area contributed by atoms with Crippen molar-refractivity contribution in [1.29, 1.82) is 0 Å². The first-order chi connectivity index (χ1) is 12.2. The fraction of sp³-hybridized carbons (Fsp3) is 0.222. The number of carbonyl (C=O) groups excluding carboxylic acids is 1. The van der Waals surface area contributed by atoms with Gasteiger partial charge in [0.15, 0.2) is 0 Å². The summed E-state index contributed by atoms with van der Waals surface area (Å²) in [5, 5.41) is 3.00. The molecule has 0 aliphatic heterocycles. The Labute approximate surface area is 146 Å². The summed E-state index contributed by atoms with van der Waals surface area (Å²) in [6, 6.07) is 7.99. The van der Waals surface area contributed by atoms with Crippen LogP contribution in [0.4, 0.5) is 13.2 Å². The second-order valence-electron chi connectivity index (χ2n) is 6.00. The molecule has 3 rings (SSSR count). The van der Waals surface area contributed by atoms with Gasteiger partial charge in [0.2, 0.25) is 0 Å². The van der Waals surface area contributed by atoms with E-state index >= 15 is 0 Å². The third kappa shape index (κ3) is 3.22. The molecule has 26 heavy (non-hydrogen) atoms. The number of nitrogens with one attached hydrogen (secondary N) is 1. The molecule has 2 aromatic heterocycles. The summed E-state index contributed by atoms with van der Waals surface area (Å²) in [7, 11) is 3.27. The monoisotopic (exact) mass is 363 g/mol. The topological polar surface area (TPSA) is 56.0 Å². The first kappa shape index (κ1) is 17.8. The van der Waals surface area contributed by atoms with Crippen LogP contribution in [0.5, 0.6) is 0 Å². The van der Waals surface area contributed by atoms with Crippen molar-refractivity contribution >= 4 is 16.8 Å². The SMILES string of the molecule is Cn1ccc2c(cc(C(=O)NCc3cccc(C(F)(F)F)c3)n2C)c1=O. The summed E-state index contributed by atoms with van der Waals surface area (Å²) < 4.78 is 41.2. The van der Waals surface area contributed by atoms with Crippen LogP contribution in [0.25, 0.3) is 10.9 Å². The van der Waals surface area contributed by atoms with Crippen molar-refractivity contribution in [1.82, 2.24) is 14.5 Å². The van der Waals surface area contributed by atoms with Crippen LogP contribution < -0.4 is 10.9 Å². The highest BCUT2D eigenvalue weighted by Gasteiger charge is 2.30. The number of rotatable bonds is 3. The van der Waals surface area contributed by atoms with Crippen LogP contribution in [0.1, 0.15) is 21.6 Å². The van der Waals surface area contributed by atoms with Crippen LogP contribution in [0, 0.1) is 0 Å². The number of amides is 1. The Kier molecular flexibility index (Phi) is 4.35. The predicted octanol–water partition coefficient (Wildman–Crippen LogP) is 2.83. The molecule has 0 aliphatic carbocycles. The fourth-order valence-electron chi connectivity index (χ4n) is 2.78. The number of hydrogen-bond donors (Lipinski definition) is 1. The smallest absolute Gasteiger partial charge is 0.347 e. The molecule has 136 valence electrons. The number of halogens is 3. The average Bonchev–Trinajstić information content (AvgIpc) is 2.93. The molecule has 0 bridgehead atoms. The van der Waals surface area contributed by atoms with Crippen molar-refractivity contribution in [3.05, 3.63) is 69.8 Å². The van der Waals surface area contributed by atoms with Gasteiger partial charge in [-0.2, -0.15) is 13.2 Å². The van der Waals surface area contributed by atoms with E-state index in [0.717, 1.165) is 12.1 Å². The normalized spacial score (nSPS) is 11.7. The zero-order valence-electron chi connectivity index (χ0n) is 14.1. The third-order valence-electron chi connectivity index (χ3n) is 4.23.